The Kier molecular flexibility index (Phi) is 6.00. The Morgan fingerprint density at radius 1 is 1.05 bits per heavy atom. The van der Waals surface area contributed by atoms with Crippen LogP contribution in [0.2, 0.25) is 0 Å². The summed E-state index contributed by atoms with van der Waals surface area (Å²) in [5.41, 5.74) is 6.03. The number of nitrogens with one attached hydrogen (secondary N) is 1. The van der Waals surface area contributed by atoms with Gasteiger partial charge in [0.05, 0.1) is 5.69 Å². The summed E-state index contributed by atoms with van der Waals surface area (Å²) < 4.78 is 5.61. The second-order valence-electron chi connectivity index (χ2n) is 10.3. The van der Waals surface area contributed by atoms with Gasteiger partial charge in [0.25, 0.3) is 5.91 Å². The zero-order valence-electron chi connectivity index (χ0n) is 20.8. The highest BCUT2D eigenvalue weighted by Crippen LogP contribution is 2.42. The largest absolute Gasteiger partial charge is 0.466 e. The highest BCUT2D eigenvalue weighted by Gasteiger charge is 2.44. The lowest BCUT2D eigenvalue weighted by molar-refractivity contribution is -0.131. The fourth-order valence-electron chi connectivity index (χ4n) is 5.76. The number of benzene rings is 2. The molecule has 1 spiro atoms. The molecule has 2 saturated heterocycles. The first kappa shape index (κ1) is 23.4. The summed E-state index contributed by atoms with van der Waals surface area (Å²) in [6, 6.07) is 20.6. The van der Waals surface area contributed by atoms with Crippen molar-refractivity contribution in [3.05, 3.63) is 78.9 Å². The van der Waals surface area contributed by atoms with E-state index >= 15 is 0 Å². The van der Waals surface area contributed by atoms with Crippen molar-refractivity contribution in [2.45, 2.75) is 19.4 Å². The molecule has 3 aromatic rings. The van der Waals surface area contributed by atoms with E-state index in [1.807, 2.05) is 41.3 Å². The molecule has 188 valence electrons. The van der Waals surface area contributed by atoms with E-state index in [0.29, 0.717) is 17.0 Å². The van der Waals surface area contributed by atoms with Crippen molar-refractivity contribution in [2.24, 2.45) is 5.41 Å². The van der Waals surface area contributed by atoms with Gasteiger partial charge in [-0.1, -0.05) is 61.2 Å². The van der Waals surface area contributed by atoms with Crippen LogP contribution in [0.15, 0.2) is 73.3 Å². The van der Waals surface area contributed by atoms with Gasteiger partial charge in [0, 0.05) is 43.9 Å². The highest BCUT2D eigenvalue weighted by atomic mass is 16.5. The van der Waals surface area contributed by atoms with Crippen LogP contribution < -0.4 is 10.1 Å². The lowest BCUT2D eigenvalue weighted by Crippen LogP contribution is -2.60. The van der Waals surface area contributed by atoms with Crippen LogP contribution in [-0.4, -0.2) is 59.4 Å². The zero-order valence-corrected chi connectivity index (χ0v) is 20.8. The van der Waals surface area contributed by atoms with Crippen molar-refractivity contribution < 1.29 is 14.3 Å². The number of hydrogen-bond donors (Lipinski definition) is 1. The molecule has 3 aliphatic heterocycles. The summed E-state index contributed by atoms with van der Waals surface area (Å²) in [6.45, 7) is 8.32. The van der Waals surface area contributed by atoms with E-state index < -0.39 is 0 Å². The van der Waals surface area contributed by atoms with E-state index in [1.54, 1.807) is 0 Å². The molecular formula is C30H30N4O3. The van der Waals surface area contributed by atoms with Crippen LogP contribution in [0.3, 0.4) is 0 Å². The maximum Gasteiger partial charge on any atom is 0.262 e. The average Bonchev–Trinajstić information content (AvgIpc) is 2.92. The molecule has 4 heterocycles. The fraction of sp³-hybridized carbons (Fsp3) is 0.300. The van der Waals surface area contributed by atoms with Gasteiger partial charge < -0.3 is 15.0 Å². The molecule has 2 aromatic carbocycles. The quantitative estimate of drug-likeness (QED) is 0.534. The zero-order chi connectivity index (χ0) is 25.4. The third-order valence-corrected chi connectivity index (χ3v) is 7.75. The van der Waals surface area contributed by atoms with Crippen molar-refractivity contribution in [1.29, 1.82) is 0 Å². The number of nitrogens with zero attached hydrogens (tertiary/aromatic N) is 3. The third-order valence-electron chi connectivity index (χ3n) is 7.75. The monoisotopic (exact) mass is 494 g/mol. The molecule has 1 aromatic heterocycles. The van der Waals surface area contributed by atoms with Crippen LogP contribution in [0.4, 0.5) is 5.69 Å². The van der Waals surface area contributed by atoms with E-state index in [4.69, 9.17) is 9.72 Å². The first-order valence-corrected chi connectivity index (χ1v) is 12.8. The van der Waals surface area contributed by atoms with E-state index in [1.165, 1.54) is 11.6 Å². The molecular weight excluding hydrogens is 464 g/mol. The molecule has 0 atom stereocenters. The van der Waals surface area contributed by atoms with Gasteiger partial charge in [-0.2, -0.15) is 0 Å². The number of amides is 2. The maximum absolute atomic E-state index is 11.9. The van der Waals surface area contributed by atoms with Gasteiger partial charge >= 0.3 is 0 Å². The predicted octanol–water partition coefficient (Wildman–Crippen LogP) is 4.36. The van der Waals surface area contributed by atoms with Gasteiger partial charge in [-0.25, -0.2) is 4.98 Å². The average molecular weight is 495 g/mol. The molecule has 0 radical (unpaired) electrons. The Morgan fingerprint density at radius 2 is 1.78 bits per heavy atom. The van der Waals surface area contributed by atoms with Gasteiger partial charge in [-0.3, -0.25) is 14.5 Å². The number of hydrogen-bond acceptors (Lipinski definition) is 5. The summed E-state index contributed by atoms with van der Waals surface area (Å²) in [4.78, 5) is 32.9. The summed E-state index contributed by atoms with van der Waals surface area (Å²) in [7, 11) is 0. The number of ether oxygens (including phenoxy) is 1. The topological polar surface area (TPSA) is 74.8 Å². The van der Waals surface area contributed by atoms with Crippen molar-refractivity contribution in [3.63, 3.8) is 0 Å². The third kappa shape index (κ3) is 4.62. The molecule has 37 heavy (non-hydrogen) atoms. The number of piperidine rings is 1. The van der Waals surface area contributed by atoms with E-state index in [9.17, 15) is 9.59 Å². The minimum absolute atomic E-state index is 0.0248. The second kappa shape index (κ2) is 9.48. The van der Waals surface area contributed by atoms with E-state index in [2.05, 4.69) is 41.1 Å². The number of aromatic nitrogens is 1. The SMILES string of the molecule is C=CC(=O)N1CCC2(CC1)CN(Cc1ccc(-c3nc4c(cc3-c3ccccc3)NC(=O)CO4)cc1)C2. The van der Waals surface area contributed by atoms with E-state index in [-0.39, 0.29) is 18.4 Å². The predicted molar refractivity (Wildman–Crippen MR) is 143 cm³/mol. The van der Waals surface area contributed by atoms with Crippen LogP contribution in [0.1, 0.15) is 18.4 Å². The van der Waals surface area contributed by atoms with Crippen LogP contribution in [-0.2, 0) is 16.1 Å². The number of pyridine rings is 1. The molecule has 0 bridgehead atoms. The van der Waals surface area contributed by atoms with Gasteiger partial charge in [-0.15, -0.1) is 0 Å². The minimum Gasteiger partial charge on any atom is -0.466 e. The molecule has 2 fully saturated rings. The van der Waals surface area contributed by atoms with Crippen molar-refractivity contribution in [2.75, 3.05) is 38.1 Å². The van der Waals surface area contributed by atoms with Crippen molar-refractivity contribution >= 4 is 17.5 Å². The van der Waals surface area contributed by atoms with Crippen LogP contribution >= 0.6 is 0 Å². The van der Waals surface area contributed by atoms with Crippen molar-refractivity contribution in [1.82, 2.24) is 14.8 Å². The number of carbonyl (C=O) groups is 2. The molecule has 6 rings (SSSR count). The molecule has 1 N–H and O–H groups in total. The Hall–Kier alpha value is -3.97. The Morgan fingerprint density at radius 3 is 2.49 bits per heavy atom. The summed E-state index contributed by atoms with van der Waals surface area (Å²) in [5, 5.41) is 2.87. The van der Waals surface area contributed by atoms with Gasteiger partial charge in [0.2, 0.25) is 11.8 Å². The number of likely N-dealkylation sites (tertiary alicyclic amines) is 2. The number of fused-ring (bicyclic) bond motifs is 1. The Labute approximate surface area is 216 Å². The molecule has 2 amide bonds. The fourth-order valence-corrected chi connectivity index (χ4v) is 5.76. The second-order valence-corrected chi connectivity index (χ2v) is 10.3. The first-order valence-electron chi connectivity index (χ1n) is 12.8. The van der Waals surface area contributed by atoms with Gasteiger partial charge in [0.15, 0.2) is 6.61 Å². The number of carbonyl (C=O) groups excluding carboxylic acids is 2. The molecule has 7 nitrogen and oxygen atoms in total. The molecule has 0 saturated carbocycles. The molecule has 7 heteroatoms. The standard InChI is InChI=1S/C30H30N4O3/c1-2-27(36)34-14-12-30(13-15-34)19-33(20-30)17-21-8-10-23(11-9-21)28-24(22-6-4-3-5-7-22)16-25-29(32-28)37-18-26(35)31-25/h2-11,16H,1,12-15,17-20H2,(H,31,35). The van der Waals surface area contributed by atoms with Crippen LogP contribution in [0.25, 0.3) is 22.4 Å². The number of anilines is 1. The summed E-state index contributed by atoms with van der Waals surface area (Å²) in [6.07, 6.45) is 3.55. The summed E-state index contributed by atoms with van der Waals surface area (Å²) >= 11 is 0. The molecule has 3 aliphatic rings. The lowest BCUT2D eigenvalue weighted by Gasteiger charge is -2.54. The highest BCUT2D eigenvalue weighted by molar-refractivity contribution is 5.97. The Bertz CT molecular complexity index is 1340. The summed E-state index contributed by atoms with van der Waals surface area (Å²) in [5.74, 6) is 0.324. The van der Waals surface area contributed by atoms with Gasteiger partial charge in [-0.05, 0) is 41.5 Å². The molecule has 0 aliphatic carbocycles. The van der Waals surface area contributed by atoms with Crippen LogP contribution in [0.5, 0.6) is 5.88 Å². The smallest absolute Gasteiger partial charge is 0.262 e. The maximum atomic E-state index is 11.9. The molecule has 0 unspecified atom stereocenters. The normalized spacial score (nSPS) is 18.4. The van der Waals surface area contributed by atoms with Gasteiger partial charge in [0.1, 0.15) is 5.69 Å². The first-order chi connectivity index (χ1) is 18.0. The van der Waals surface area contributed by atoms with Crippen molar-refractivity contribution in [3.8, 4) is 28.3 Å². The number of rotatable bonds is 5. The van der Waals surface area contributed by atoms with Crippen LogP contribution in [0, 0.1) is 5.41 Å². The Balaban J connectivity index is 1.17. The minimum atomic E-state index is -0.172. The van der Waals surface area contributed by atoms with E-state index in [0.717, 1.165) is 67.9 Å². The lowest BCUT2D eigenvalue weighted by atomic mass is 9.72.